The van der Waals surface area contributed by atoms with Crippen LogP contribution in [-0.2, 0) is 9.59 Å². The molecular formula is C21H28ClN3O3. The average molecular weight is 406 g/mol. The lowest BCUT2D eigenvalue weighted by Gasteiger charge is -2.35. The molecular weight excluding hydrogens is 378 g/mol. The zero-order chi connectivity index (χ0) is 19.9. The molecule has 28 heavy (non-hydrogen) atoms. The predicted octanol–water partition coefficient (Wildman–Crippen LogP) is 2.52. The molecule has 1 aromatic carbocycles. The fourth-order valence-electron chi connectivity index (χ4n) is 3.66. The molecule has 0 aliphatic carbocycles. The van der Waals surface area contributed by atoms with E-state index in [-0.39, 0.29) is 11.8 Å². The number of nitrogens with zero attached hydrogens (tertiary/aromatic N) is 3. The van der Waals surface area contributed by atoms with Crippen molar-refractivity contribution < 1.29 is 14.3 Å². The van der Waals surface area contributed by atoms with Crippen molar-refractivity contribution >= 4 is 29.5 Å². The maximum atomic E-state index is 12.5. The molecule has 2 aliphatic rings. The number of methoxy groups -OCH3 is 1. The van der Waals surface area contributed by atoms with E-state index in [0.717, 1.165) is 44.6 Å². The van der Waals surface area contributed by atoms with Crippen molar-refractivity contribution in [2.24, 2.45) is 0 Å². The fraction of sp³-hybridized carbons (Fsp3) is 0.524. The van der Waals surface area contributed by atoms with E-state index in [1.807, 2.05) is 9.80 Å². The fourth-order valence-corrected chi connectivity index (χ4v) is 3.84. The molecule has 1 aromatic rings. The van der Waals surface area contributed by atoms with E-state index in [9.17, 15) is 9.59 Å². The molecule has 0 atom stereocenters. The highest BCUT2D eigenvalue weighted by molar-refractivity contribution is 6.30. The summed E-state index contributed by atoms with van der Waals surface area (Å²) in [6, 6.07) is 5.31. The summed E-state index contributed by atoms with van der Waals surface area (Å²) in [7, 11) is 1.59. The molecule has 7 heteroatoms. The Labute approximate surface area is 171 Å². The van der Waals surface area contributed by atoms with Gasteiger partial charge in [0.15, 0.2) is 0 Å². The Bertz CT molecular complexity index is 724. The van der Waals surface area contributed by atoms with Gasteiger partial charge < -0.3 is 14.5 Å². The van der Waals surface area contributed by atoms with Crippen LogP contribution in [0.1, 0.15) is 24.8 Å². The second kappa shape index (κ2) is 9.94. The van der Waals surface area contributed by atoms with Gasteiger partial charge in [0.25, 0.3) is 0 Å². The predicted molar refractivity (Wildman–Crippen MR) is 110 cm³/mol. The lowest BCUT2D eigenvalue weighted by atomic mass is 10.1. The van der Waals surface area contributed by atoms with Crippen molar-refractivity contribution in [2.45, 2.75) is 19.3 Å². The second-order valence-electron chi connectivity index (χ2n) is 7.26. The van der Waals surface area contributed by atoms with Gasteiger partial charge in [0, 0.05) is 55.9 Å². The van der Waals surface area contributed by atoms with Gasteiger partial charge >= 0.3 is 0 Å². The number of likely N-dealkylation sites (tertiary alicyclic amines) is 1. The van der Waals surface area contributed by atoms with Gasteiger partial charge in [-0.25, -0.2) is 0 Å². The molecule has 2 aliphatic heterocycles. The average Bonchev–Trinajstić information content (AvgIpc) is 2.73. The molecule has 152 valence electrons. The van der Waals surface area contributed by atoms with Crippen LogP contribution in [0.25, 0.3) is 6.08 Å². The molecule has 0 N–H and O–H groups in total. The number of carbonyl (C=O) groups is 2. The van der Waals surface area contributed by atoms with E-state index in [4.69, 9.17) is 16.3 Å². The molecule has 6 nitrogen and oxygen atoms in total. The largest absolute Gasteiger partial charge is 0.496 e. The van der Waals surface area contributed by atoms with E-state index < -0.39 is 0 Å². The number of carbonyl (C=O) groups excluding carboxylic acids is 2. The number of benzene rings is 1. The van der Waals surface area contributed by atoms with Crippen molar-refractivity contribution in [2.75, 3.05) is 52.9 Å². The van der Waals surface area contributed by atoms with Gasteiger partial charge in [-0.1, -0.05) is 11.6 Å². The molecule has 2 amide bonds. The van der Waals surface area contributed by atoms with Crippen molar-refractivity contribution in [1.82, 2.24) is 14.7 Å². The first-order valence-corrected chi connectivity index (χ1v) is 10.3. The Morgan fingerprint density at radius 1 is 1.04 bits per heavy atom. The van der Waals surface area contributed by atoms with Gasteiger partial charge in [-0.2, -0.15) is 0 Å². The third-order valence-corrected chi connectivity index (χ3v) is 5.58. The summed E-state index contributed by atoms with van der Waals surface area (Å²) < 4.78 is 5.30. The van der Waals surface area contributed by atoms with Crippen molar-refractivity contribution in [3.63, 3.8) is 0 Å². The van der Waals surface area contributed by atoms with Crippen LogP contribution in [0.5, 0.6) is 5.75 Å². The van der Waals surface area contributed by atoms with Crippen molar-refractivity contribution in [1.29, 1.82) is 0 Å². The van der Waals surface area contributed by atoms with E-state index in [2.05, 4.69) is 4.90 Å². The minimum Gasteiger partial charge on any atom is -0.496 e. The highest BCUT2D eigenvalue weighted by Crippen LogP contribution is 2.24. The van der Waals surface area contributed by atoms with Crippen molar-refractivity contribution in [3.8, 4) is 5.75 Å². The summed E-state index contributed by atoms with van der Waals surface area (Å²) in [5.41, 5.74) is 0.772. The monoisotopic (exact) mass is 405 g/mol. The Morgan fingerprint density at radius 2 is 1.75 bits per heavy atom. The van der Waals surface area contributed by atoms with Crippen LogP contribution in [0.2, 0.25) is 5.02 Å². The van der Waals surface area contributed by atoms with Gasteiger partial charge in [-0.3, -0.25) is 14.5 Å². The third-order valence-electron chi connectivity index (χ3n) is 5.35. The van der Waals surface area contributed by atoms with Gasteiger partial charge in [-0.05, 0) is 43.5 Å². The first-order chi connectivity index (χ1) is 13.6. The van der Waals surface area contributed by atoms with Crippen LogP contribution in [-0.4, -0.2) is 79.4 Å². The normalized spacial score (nSPS) is 18.5. The van der Waals surface area contributed by atoms with Crippen LogP contribution in [0, 0.1) is 0 Å². The lowest BCUT2D eigenvalue weighted by Crippen LogP contribution is -2.51. The lowest BCUT2D eigenvalue weighted by molar-refractivity contribution is -0.134. The summed E-state index contributed by atoms with van der Waals surface area (Å²) in [4.78, 5) is 30.8. The maximum absolute atomic E-state index is 12.5. The molecule has 0 bridgehead atoms. The molecule has 2 fully saturated rings. The summed E-state index contributed by atoms with van der Waals surface area (Å²) in [6.07, 6.45) is 6.73. The standard InChI is InChI=1S/C21H28ClN3O3/c1-28-19-7-6-18(22)15-17(19)5-8-20(26)25-13-11-23(12-14-25)16-21(27)24-9-3-2-4-10-24/h5-8,15H,2-4,9-14,16H2,1H3. The van der Waals surface area contributed by atoms with Crippen molar-refractivity contribution in [3.05, 3.63) is 34.9 Å². The number of ether oxygens (including phenoxy) is 1. The number of piperazine rings is 1. The van der Waals surface area contributed by atoms with Gasteiger partial charge in [0.1, 0.15) is 5.75 Å². The first kappa shape index (κ1) is 20.7. The number of halogens is 1. The summed E-state index contributed by atoms with van der Waals surface area (Å²) in [5, 5.41) is 0.597. The zero-order valence-corrected chi connectivity index (χ0v) is 17.2. The number of piperidine rings is 1. The zero-order valence-electron chi connectivity index (χ0n) is 16.4. The second-order valence-corrected chi connectivity index (χ2v) is 7.70. The van der Waals surface area contributed by atoms with Gasteiger partial charge in [-0.15, -0.1) is 0 Å². The Morgan fingerprint density at radius 3 is 2.43 bits per heavy atom. The van der Waals surface area contributed by atoms with Gasteiger partial charge in [0.2, 0.25) is 11.8 Å². The summed E-state index contributed by atoms with van der Waals surface area (Å²) >= 11 is 6.03. The molecule has 0 saturated carbocycles. The summed E-state index contributed by atoms with van der Waals surface area (Å²) in [5.74, 6) is 0.853. The number of rotatable bonds is 5. The number of amides is 2. The van der Waals surface area contributed by atoms with E-state index in [1.165, 1.54) is 6.42 Å². The highest BCUT2D eigenvalue weighted by Gasteiger charge is 2.24. The van der Waals surface area contributed by atoms with Crippen LogP contribution in [0.3, 0.4) is 0 Å². The smallest absolute Gasteiger partial charge is 0.246 e. The molecule has 2 heterocycles. The van der Waals surface area contributed by atoms with E-state index >= 15 is 0 Å². The quantitative estimate of drug-likeness (QED) is 0.706. The highest BCUT2D eigenvalue weighted by atomic mass is 35.5. The molecule has 0 spiro atoms. The molecule has 3 rings (SSSR count). The maximum Gasteiger partial charge on any atom is 0.246 e. The van der Waals surface area contributed by atoms with Crippen LogP contribution < -0.4 is 4.74 Å². The SMILES string of the molecule is COc1ccc(Cl)cc1C=CC(=O)N1CCN(CC(=O)N2CCCCC2)CC1. The van der Waals surface area contributed by atoms with Crippen LogP contribution >= 0.6 is 11.6 Å². The Balaban J connectivity index is 1.48. The summed E-state index contributed by atoms with van der Waals surface area (Å²) in [6.45, 7) is 4.92. The molecule has 0 unspecified atom stereocenters. The minimum atomic E-state index is -0.0379. The molecule has 0 aromatic heterocycles. The van der Waals surface area contributed by atoms with E-state index in [0.29, 0.717) is 30.4 Å². The first-order valence-electron chi connectivity index (χ1n) is 9.87. The molecule has 0 radical (unpaired) electrons. The van der Waals surface area contributed by atoms with Crippen LogP contribution in [0.4, 0.5) is 0 Å². The molecule has 2 saturated heterocycles. The Hall–Kier alpha value is -2.05. The van der Waals surface area contributed by atoms with Crippen LogP contribution in [0.15, 0.2) is 24.3 Å². The van der Waals surface area contributed by atoms with E-state index in [1.54, 1.807) is 37.5 Å². The number of hydrogen-bond acceptors (Lipinski definition) is 4. The number of hydrogen-bond donors (Lipinski definition) is 0. The topological polar surface area (TPSA) is 53.1 Å². The Kier molecular flexibility index (Phi) is 7.34. The van der Waals surface area contributed by atoms with Gasteiger partial charge in [0.05, 0.1) is 13.7 Å². The minimum absolute atomic E-state index is 0.0379. The third kappa shape index (κ3) is 5.49.